The van der Waals surface area contributed by atoms with E-state index in [9.17, 15) is 4.79 Å². The van der Waals surface area contributed by atoms with Crippen LogP contribution in [0.3, 0.4) is 0 Å². The van der Waals surface area contributed by atoms with E-state index >= 15 is 0 Å². The second kappa shape index (κ2) is 10.2. The van der Waals surface area contributed by atoms with E-state index in [2.05, 4.69) is 41.8 Å². The Morgan fingerprint density at radius 1 is 1.13 bits per heavy atom. The van der Waals surface area contributed by atoms with Gasteiger partial charge in [0.15, 0.2) is 0 Å². The number of aryl methyl sites for hydroxylation is 2. The van der Waals surface area contributed by atoms with Gasteiger partial charge in [0.1, 0.15) is 17.3 Å². The quantitative estimate of drug-likeness (QED) is 0.574. The lowest BCUT2D eigenvalue weighted by molar-refractivity contribution is -0.128. The third kappa shape index (κ3) is 5.49. The molecule has 31 heavy (non-hydrogen) atoms. The Morgan fingerprint density at radius 2 is 1.74 bits per heavy atom. The van der Waals surface area contributed by atoms with Crippen molar-refractivity contribution in [2.45, 2.75) is 33.2 Å². The van der Waals surface area contributed by atoms with Crippen molar-refractivity contribution < 1.29 is 14.6 Å². The molecule has 0 aromatic heterocycles. The first kappa shape index (κ1) is 22.5. The van der Waals surface area contributed by atoms with Crippen LogP contribution in [0, 0.1) is 13.8 Å². The minimum atomic E-state index is -0.545. The lowest BCUT2D eigenvalue weighted by Gasteiger charge is -2.30. The number of rotatable bonds is 9. The van der Waals surface area contributed by atoms with Crippen molar-refractivity contribution in [3.8, 4) is 5.75 Å². The molecule has 0 fully saturated rings. The number of likely N-dealkylation sites (N-methyl/N-ethyl adjacent to an activating group) is 1. The number of nitrogens with zero attached hydrogens (tertiary/aromatic N) is 2. The maximum atomic E-state index is 13.3. The van der Waals surface area contributed by atoms with Crippen LogP contribution in [0.4, 0.5) is 0 Å². The molecule has 2 aromatic rings. The lowest BCUT2D eigenvalue weighted by Crippen LogP contribution is -2.44. The van der Waals surface area contributed by atoms with E-state index in [-0.39, 0.29) is 12.5 Å². The highest BCUT2D eigenvalue weighted by Crippen LogP contribution is 2.26. The summed E-state index contributed by atoms with van der Waals surface area (Å²) in [5.41, 5.74) is 3.92. The Bertz CT molecular complexity index is 909. The smallest absolute Gasteiger partial charge is 0.273 e. The second-order valence-corrected chi connectivity index (χ2v) is 7.82. The van der Waals surface area contributed by atoms with Gasteiger partial charge in [-0.25, -0.2) is 0 Å². The third-order valence-electron chi connectivity index (χ3n) is 5.27. The normalized spacial score (nSPS) is 15.6. The molecule has 0 saturated heterocycles. The highest BCUT2D eigenvalue weighted by molar-refractivity contribution is 5.93. The van der Waals surface area contributed by atoms with Gasteiger partial charge in [-0.3, -0.25) is 4.79 Å². The van der Waals surface area contributed by atoms with E-state index in [4.69, 9.17) is 9.84 Å². The zero-order chi connectivity index (χ0) is 22.4. The van der Waals surface area contributed by atoms with Crippen LogP contribution in [0.2, 0.25) is 0 Å². The summed E-state index contributed by atoms with van der Waals surface area (Å²) in [5.74, 6) is 1.20. The van der Waals surface area contributed by atoms with Gasteiger partial charge in [0.05, 0.1) is 0 Å². The molecule has 1 aliphatic heterocycles. The molecule has 3 N–H and O–H groups in total. The molecule has 3 rings (SSSR count). The fourth-order valence-electron chi connectivity index (χ4n) is 3.43. The zero-order valence-electron chi connectivity index (χ0n) is 18.7. The molecule has 0 saturated carbocycles. The summed E-state index contributed by atoms with van der Waals surface area (Å²) in [4.78, 5) is 16.9. The standard InChI is InChI=1S/C24H32N4O3/c1-17-6-10-19(11-7-17)16-28-21(23(30)27(4)14-5-15-29)22(25-3)26-24(28)31-20-12-8-18(2)9-13-20/h6-13,24-26,29H,5,14-16H2,1-4H3. The minimum Gasteiger partial charge on any atom is -0.452 e. The molecule has 166 valence electrons. The predicted molar refractivity (Wildman–Crippen MR) is 121 cm³/mol. The number of carbonyl (C=O) groups is 1. The third-order valence-corrected chi connectivity index (χ3v) is 5.27. The molecule has 1 atom stereocenters. The summed E-state index contributed by atoms with van der Waals surface area (Å²) in [6.07, 6.45) is -0.0179. The number of hydrogen-bond donors (Lipinski definition) is 3. The molecule has 2 aromatic carbocycles. The average Bonchev–Trinajstić information content (AvgIpc) is 3.11. The molecule has 1 unspecified atom stereocenters. The summed E-state index contributed by atoms with van der Waals surface area (Å²) in [6.45, 7) is 5.09. The number of benzene rings is 2. The van der Waals surface area contributed by atoms with Crippen LogP contribution in [-0.2, 0) is 11.3 Å². The van der Waals surface area contributed by atoms with Gasteiger partial charge in [-0.1, -0.05) is 47.5 Å². The van der Waals surface area contributed by atoms with Crippen molar-refractivity contribution in [1.29, 1.82) is 0 Å². The molecular formula is C24H32N4O3. The van der Waals surface area contributed by atoms with Gasteiger partial charge in [-0.05, 0) is 38.0 Å². The fraction of sp³-hybridized carbons (Fsp3) is 0.375. The van der Waals surface area contributed by atoms with Crippen LogP contribution in [0.25, 0.3) is 0 Å². The number of amides is 1. The SMILES string of the molecule is CNC1=C(C(=O)N(C)CCCO)N(Cc2ccc(C)cc2)C(Oc2ccc(C)cc2)N1. The number of ether oxygens (including phenoxy) is 1. The van der Waals surface area contributed by atoms with Crippen LogP contribution < -0.4 is 15.4 Å². The van der Waals surface area contributed by atoms with Crippen molar-refractivity contribution in [3.05, 3.63) is 76.7 Å². The topological polar surface area (TPSA) is 77.1 Å². The Labute approximate surface area is 184 Å². The number of nitrogens with one attached hydrogen (secondary N) is 2. The van der Waals surface area contributed by atoms with Gasteiger partial charge in [-0.15, -0.1) is 0 Å². The minimum absolute atomic E-state index is 0.0417. The van der Waals surface area contributed by atoms with Crippen LogP contribution >= 0.6 is 0 Å². The lowest BCUT2D eigenvalue weighted by atomic mass is 10.1. The van der Waals surface area contributed by atoms with Crippen molar-refractivity contribution in [2.24, 2.45) is 0 Å². The van der Waals surface area contributed by atoms with E-state index in [0.29, 0.717) is 31.0 Å². The zero-order valence-corrected chi connectivity index (χ0v) is 18.7. The van der Waals surface area contributed by atoms with Crippen molar-refractivity contribution in [1.82, 2.24) is 20.4 Å². The molecule has 0 radical (unpaired) electrons. The van der Waals surface area contributed by atoms with Crippen LogP contribution in [0.5, 0.6) is 5.75 Å². The summed E-state index contributed by atoms with van der Waals surface area (Å²) >= 11 is 0. The van der Waals surface area contributed by atoms with E-state index in [1.54, 1.807) is 19.0 Å². The maximum absolute atomic E-state index is 13.3. The molecule has 0 bridgehead atoms. The van der Waals surface area contributed by atoms with Crippen LogP contribution in [0.1, 0.15) is 23.1 Å². The Hall–Kier alpha value is -3.19. The number of aliphatic hydroxyl groups is 1. The van der Waals surface area contributed by atoms with Crippen LogP contribution in [-0.4, -0.2) is 54.4 Å². The molecule has 1 heterocycles. The monoisotopic (exact) mass is 424 g/mol. The molecule has 0 aliphatic carbocycles. The molecule has 1 aliphatic rings. The van der Waals surface area contributed by atoms with Crippen molar-refractivity contribution in [3.63, 3.8) is 0 Å². The summed E-state index contributed by atoms with van der Waals surface area (Å²) < 4.78 is 6.23. The van der Waals surface area contributed by atoms with Crippen molar-refractivity contribution >= 4 is 5.91 Å². The first-order valence-electron chi connectivity index (χ1n) is 10.5. The van der Waals surface area contributed by atoms with Gasteiger partial charge in [-0.2, -0.15) is 0 Å². The Kier molecular flexibility index (Phi) is 7.41. The molecule has 7 heteroatoms. The Balaban J connectivity index is 1.90. The van der Waals surface area contributed by atoms with E-state index < -0.39 is 6.35 Å². The van der Waals surface area contributed by atoms with E-state index in [0.717, 1.165) is 16.9 Å². The summed E-state index contributed by atoms with van der Waals surface area (Å²) in [5, 5.41) is 15.6. The van der Waals surface area contributed by atoms with E-state index in [1.165, 1.54) is 5.56 Å². The maximum Gasteiger partial charge on any atom is 0.273 e. The summed E-state index contributed by atoms with van der Waals surface area (Å²) in [7, 11) is 3.53. The second-order valence-electron chi connectivity index (χ2n) is 7.82. The van der Waals surface area contributed by atoms with Gasteiger partial charge in [0.25, 0.3) is 12.3 Å². The molecular weight excluding hydrogens is 392 g/mol. The summed E-state index contributed by atoms with van der Waals surface area (Å²) in [6, 6.07) is 16.1. The highest BCUT2D eigenvalue weighted by atomic mass is 16.5. The molecule has 0 spiro atoms. The number of aliphatic hydroxyl groups excluding tert-OH is 1. The van der Waals surface area contributed by atoms with E-state index in [1.807, 2.05) is 36.1 Å². The first-order valence-corrected chi connectivity index (χ1v) is 10.5. The highest BCUT2D eigenvalue weighted by Gasteiger charge is 2.37. The molecule has 1 amide bonds. The first-order chi connectivity index (χ1) is 14.9. The van der Waals surface area contributed by atoms with Gasteiger partial charge >= 0.3 is 0 Å². The van der Waals surface area contributed by atoms with Crippen LogP contribution in [0.15, 0.2) is 60.0 Å². The number of carbonyl (C=O) groups excluding carboxylic acids is 1. The predicted octanol–water partition coefficient (Wildman–Crippen LogP) is 2.30. The average molecular weight is 425 g/mol. The van der Waals surface area contributed by atoms with Crippen molar-refractivity contribution in [2.75, 3.05) is 27.2 Å². The van der Waals surface area contributed by atoms with Gasteiger partial charge in [0.2, 0.25) is 0 Å². The van der Waals surface area contributed by atoms with Gasteiger partial charge in [0, 0.05) is 33.8 Å². The largest absolute Gasteiger partial charge is 0.452 e. The Morgan fingerprint density at radius 3 is 2.32 bits per heavy atom. The van der Waals surface area contributed by atoms with Gasteiger partial charge < -0.3 is 30.3 Å². The fourth-order valence-corrected chi connectivity index (χ4v) is 3.43. The number of hydrogen-bond acceptors (Lipinski definition) is 6. The molecule has 7 nitrogen and oxygen atoms in total.